The van der Waals surface area contributed by atoms with Crippen LogP contribution in [0.2, 0.25) is 0 Å². The average molecular weight is 269 g/mol. The second-order valence-corrected chi connectivity index (χ2v) is 6.47. The minimum absolute atomic E-state index is 0.249. The summed E-state index contributed by atoms with van der Waals surface area (Å²) in [6.07, 6.45) is 4.52. The second-order valence-electron chi connectivity index (χ2n) is 6.47. The fourth-order valence-corrected chi connectivity index (χ4v) is 3.22. The third kappa shape index (κ3) is 4.18. The first-order chi connectivity index (χ1) is 8.80. The molecule has 19 heavy (non-hydrogen) atoms. The Morgan fingerprint density at radius 1 is 1.47 bits per heavy atom. The van der Waals surface area contributed by atoms with E-state index in [1.165, 1.54) is 19.3 Å². The molecule has 4 nitrogen and oxygen atoms in total. The molecule has 3 atom stereocenters. The van der Waals surface area contributed by atoms with Crippen molar-refractivity contribution in [1.82, 2.24) is 10.2 Å². The fourth-order valence-electron chi connectivity index (χ4n) is 3.22. The van der Waals surface area contributed by atoms with Gasteiger partial charge in [0, 0.05) is 24.7 Å². The molecule has 0 bridgehead atoms. The molecule has 0 aromatic heterocycles. The number of likely N-dealkylation sites (tertiary alicyclic amines) is 1. The van der Waals surface area contributed by atoms with Gasteiger partial charge in [0.05, 0.1) is 5.54 Å². The van der Waals surface area contributed by atoms with Gasteiger partial charge in [0.25, 0.3) is 0 Å². The number of carbonyl (C=O) groups is 1. The van der Waals surface area contributed by atoms with Crippen LogP contribution in [0.4, 0.5) is 0 Å². The summed E-state index contributed by atoms with van der Waals surface area (Å²) in [6.45, 7) is 11.5. The van der Waals surface area contributed by atoms with Crippen LogP contribution in [0.15, 0.2) is 0 Å². The maximum atomic E-state index is 11.7. The fraction of sp³-hybridized carbons (Fsp3) is 0.933. The summed E-state index contributed by atoms with van der Waals surface area (Å²) in [5.41, 5.74) is 4.98. The van der Waals surface area contributed by atoms with Gasteiger partial charge in [0.15, 0.2) is 0 Å². The maximum Gasteiger partial charge on any atom is 0.237 e. The van der Waals surface area contributed by atoms with E-state index in [0.717, 1.165) is 13.0 Å². The molecule has 4 heteroatoms. The van der Waals surface area contributed by atoms with Crippen LogP contribution in [-0.4, -0.2) is 41.0 Å². The molecule has 1 fully saturated rings. The quantitative estimate of drug-likeness (QED) is 0.742. The van der Waals surface area contributed by atoms with Crippen molar-refractivity contribution in [2.45, 2.75) is 84.0 Å². The minimum atomic E-state index is -0.602. The number of amides is 1. The second kappa shape index (κ2) is 6.71. The predicted octanol–water partition coefficient (Wildman–Crippen LogP) is 1.88. The summed E-state index contributed by atoms with van der Waals surface area (Å²) in [6, 6.07) is 1.56. The van der Waals surface area contributed by atoms with E-state index in [2.05, 4.69) is 37.9 Å². The van der Waals surface area contributed by atoms with Crippen LogP contribution < -0.4 is 11.1 Å². The van der Waals surface area contributed by atoms with E-state index < -0.39 is 5.54 Å². The number of carbonyl (C=O) groups excluding carboxylic acids is 1. The van der Waals surface area contributed by atoms with Gasteiger partial charge in [-0.2, -0.15) is 0 Å². The van der Waals surface area contributed by atoms with Crippen molar-refractivity contribution in [3.63, 3.8) is 0 Å². The molecule has 1 saturated heterocycles. The van der Waals surface area contributed by atoms with E-state index in [4.69, 9.17) is 5.73 Å². The number of hydrogen-bond donors (Lipinski definition) is 2. The summed E-state index contributed by atoms with van der Waals surface area (Å²) < 4.78 is 0. The van der Waals surface area contributed by atoms with Gasteiger partial charge in [0.2, 0.25) is 5.91 Å². The van der Waals surface area contributed by atoms with Gasteiger partial charge >= 0.3 is 0 Å². The zero-order valence-electron chi connectivity index (χ0n) is 13.2. The van der Waals surface area contributed by atoms with E-state index in [1.54, 1.807) is 0 Å². The van der Waals surface area contributed by atoms with Gasteiger partial charge in [-0.05, 0) is 53.4 Å². The van der Waals surface area contributed by atoms with Crippen LogP contribution >= 0.6 is 0 Å². The number of primary amides is 1. The van der Waals surface area contributed by atoms with Crippen LogP contribution in [0.1, 0.15) is 60.3 Å². The smallest absolute Gasteiger partial charge is 0.237 e. The lowest BCUT2D eigenvalue weighted by atomic mass is 9.95. The van der Waals surface area contributed by atoms with Gasteiger partial charge in [-0.25, -0.2) is 0 Å². The predicted molar refractivity (Wildman–Crippen MR) is 80.0 cm³/mol. The van der Waals surface area contributed by atoms with Crippen LogP contribution in [0.25, 0.3) is 0 Å². The molecule has 0 spiro atoms. The highest BCUT2D eigenvalue weighted by atomic mass is 16.1. The van der Waals surface area contributed by atoms with Gasteiger partial charge in [-0.15, -0.1) is 0 Å². The lowest BCUT2D eigenvalue weighted by Crippen LogP contribution is -2.57. The summed E-state index contributed by atoms with van der Waals surface area (Å²) >= 11 is 0. The monoisotopic (exact) mass is 269 g/mol. The Labute approximate surface area is 118 Å². The van der Waals surface area contributed by atoms with Gasteiger partial charge in [-0.1, -0.05) is 6.92 Å². The number of rotatable bonds is 7. The molecule has 3 unspecified atom stereocenters. The van der Waals surface area contributed by atoms with Crippen molar-refractivity contribution < 1.29 is 4.79 Å². The minimum Gasteiger partial charge on any atom is -0.368 e. The Kier molecular flexibility index (Phi) is 5.81. The number of nitrogens with one attached hydrogen (secondary N) is 1. The molecule has 1 aliphatic rings. The first kappa shape index (κ1) is 16.4. The Hall–Kier alpha value is -0.610. The Bertz CT molecular complexity index is 306. The van der Waals surface area contributed by atoms with Gasteiger partial charge < -0.3 is 11.1 Å². The Balaban J connectivity index is 2.63. The lowest BCUT2D eigenvalue weighted by molar-refractivity contribution is -0.124. The van der Waals surface area contributed by atoms with E-state index in [1.807, 2.05) is 6.92 Å². The Morgan fingerprint density at radius 3 is 2.58 bits per heavy atom. The lowest BCUT2D eigenvalue weighted by Gasteiger charge is -2.34. The topological polar surface area (TPSA) is 58.4 Å². The number of nitrogens with two attached hydrogens (primary N) is 1. The van der Waals surface area contributed by atoms with E-state index in [9.17, 15) is 4.79 Å². The van der Waals surface area contributed by atoms with Crippen LogP contribution in [0.3, 0.4) is 0 Å². The molecule has 0 aromatic rings. The summed E-state index contributed by atoms with van der Waals surface area (Å²) in [7, 11) is 0. The molecule has 1 heterocycles. The maximum absolute atomic E-state index is 11.7. The van der Waals surface area contributed by atoms with E-state index >= 15 is 0 Å². The first-order valence-electron chi connectivity index (χ1n) is 7.63. The molecule has 1 rings (SSSR count). The van der Waals surface area contributed by atoms with Crippen LogP contribution in [-0.2, 0) is 4.79 Å². The normalized spacial score (nSPS) is 27.7. The summed E-state index contributed by atoms with van der Waals surface area (Å²) in [4.78, 5) is 14.3. The molecule has 1 amide bonds. The Morgan fingerprint density at radius 2 is 2.11 bits per heavy atom. The molecular weight excluding hydrogens is 238 g/mol. The number of nitrogens with zero attached hydrogens (tertiary/aromatic N) is 1. The van der Waals surface area contributed by atoms with Crippen LogP contribution in [0.5, 0.6) is 0 Å². The van der Waals surface area contributed by atoms with Gasteiger partial charge in [0.1, 0.15) is 0 Å². The molecule has 3 N–H and O–H groups in total. The standard InChI is InChI=1S/C15H31N3O/c1-6-13-8-7-12(4)18(13)10-9-15(5,14(16)19)17-11(2)3/h11-13,17H,6-10H2,1-5H3,(H2,16,19). The summed E-state index contributed by atoms with van der Waals surface area (Å²) in [5, 5.41) is 3.33. The van der Waals surface area contributed by atoms with Crippen molar-refractivity contribution >= 4 is 5.91 Å². The van der Waals surface area contributed by atoms with Gasteiger partial charge in [-0.3, -0.25) is 9.69 Å². The highest BCUT2D eigenvalue weighted by molar-refractivity contribution is 5.84. The van der Waals surface area contributed by atoms with Crippen molar-refractivity contribution in [2.75, 3.05) is 6.54 Å². The number of hydrogen-bond acceptors (Lipinski definition) is 3. The largest absolute Gasteiger partial charge is 0.368 e. The van der Waals surface area contributed by atoms with E-state index in [0.29, 0.717) is 12.1 Å². The molecule has 112 valence electrons. The SMILES string of the molecule is CCC1CCC(C)N1CCC(C)(NC(C)C)C(N)=O. The molecule has 0 saturated carbocycles. The van der Waals surface area contributed by atoms with Crippen molar-refractivity contribution in [3.05, 3.63) is 0 Å². The average Bonchev–Trinajstić information content (AvgIpc) is 2.66. The molecule has 1 aliphatic heterocycles. The zero-order chi connectivity index (χ0) is 14.6. The van der Waals surface area contributed by atoms with Crippen molar-refractivity contribution in [2.24, 2.45) is 5.73 Å². The highest BCUT2D eigenvalue weighted by Crippen LogP contribution is 2.27. The third-order valence-corrected chi connectivity index (χ3v) is 4.45. The highest BCUT2D eigenvalue weighted by Gasteiger charge is 2.35. The molecule has 0 aromatic carbocycles. The summed E-state index contributed by atoms with van der Waals surface area (Å²) in [5.74, 6) is -0.249. The third-order valence-electron chi connectivity index (χ3n) is 4.45. The molecule has 0 radical (unpaired) electrons. The van der Waals surface area contributed by atoms with Crippen molar-refractivity contribution in [3.8, 4) is 0 Å². The molecular formula is C15H31N3O. The van der Waals surface area contributed by atoms with E-state index in [-0.39, 0.29) is 11.9 Å². The van der Waals surface area contributed by atoms with Crippen molar-refractivity contribution in [1.29, 1.82) is 0 Å². The zero-order valence-corrected chi connectivity index (χ0v) is 13.2. The molecule has 0 aliphatic carbocycles. The first-order valence-corrected chi connectivity index (χ1v) is 7.63. The van der Waals surface area contributed by atoms with Crippen LogP contribution in [0, 0.1) is 0 Å².